The minimum absolute atomic E-state index is 0.355. The molecule has 2 aromatic carbocycles. The molecule has 19 heavy (non-hydrogen) atoms. The van der Waals surface area contributed by atoms with Crippen LogP contribution >= 0.6 is 0 Å². The highest BCUT2D eigenvalue weighted by atomic mass is 19.1. The van der Waals surface area contributed by atoms with Gasteiger partial charge in [-0.05, 0) is 24.6 Å². The molecule has 1 heterocycles. The molecule has 0 aliphatic rings. The van der Waals surface area contributed by atoms with Gasteiger partial charge >= 0.3 is 0 Å². The van der Waals surface area contributed by atoms with E-state index in [1.807, 2.05) is 37.3 Å². The van der Waals surface area contributed by atoms with E-state index in [2.05, 4.69) is 6.07 Å². The molecule has 3 heteroatoms. The zero-order chi connectivity index (χ0) is 13.4. The minimum Gasteiger partial charge on any atom is -0.285 e. The SMILES string of the molecule is Cc1ccccc1-n1c(F)cc2cccc(C#N)c21. The lowest BCUT2D eigenvalue weighted by atomic mass is 10.1. The summed E-state index contributed by atoms with van der Waals surface area (Å²) in [6.45, 7) is 1.93. The van der Waals surface area contributed by atoms with E-state index < -0.39 is 0 Å². The van der Waals surface area contributed by atoms with Gasteiger partial charge in [0.1, 0.15) is 6.07 Å². The standard InChI is InChI=1S/C16H11FN2/c1-11-5-2-3-8-14(11)19-15(17)9-12-6-4-7-13(10-18)16(12)19/h2-9H,1H3. The third-order valence-electron chi connectivity index (χ3n) is 3.26. The number of aryl methyl sites for hydroxylation is 1. The van der Waals surface area contributed by atoms with Gasteiger partial charge in [0.15, 0.2) is 5.95 Å². The van der Waals surface area contributed by atoms with Gasteiger partial charge in [0.2, 0.25) is 0 Å². The first-order chi connectivity index (χ1) is 9.22. The topological polar surface area (TPSA) is 28.7 Å². The second-order valence-electron chi connectivity index (χ2n) is 4.44. The number of halogens is 1. The molecule has 0 saturated heterocycles. The Kier molecular flexibility index (Phi) is 2.57. The van der Waals surface area contributed by atoms with Crippen molar-refractivity contribution < 1.29 is 4.39 Å². The molecule has 0 atom stereocenters. The molecule has 3 aromatic rings. The molecular formula is C16H11FN2. The van der Waals surface area contributed by atoms with Gasteiger partial charge in [-0.2, -0.15) is 9.65 Å². The maximum Gasteiger partial charge on any atom is 0.199 e. The van der Waals surface area contributed by atoms with E-state index in [-0.39, 0.29) is 5.95 Å². The van der Waals surface area contributed by atoms with Crippen LogP contribution in [0.25, 0.3) is 16.6 Å². The van der Waals surface area contributed by atoms with Gasteiger partial charge in [0.25, 0.3) is 0 Å². The molecule has 0 bridgehead atoms. The fourth-order valence-electron chi connectivity index (χ4n) is 2.37. The second kappa shape index (κ2) is 4.25. The highest BCUT2D eigenvalue weighted by Gasteiger charge is 2.14. The molecule has 0 aliphatic carbocycles. The zero-order valence-corrected chi connectivity index (χ0v) is 10.4. The van der Waals surface area contributed by atoms with E-state index >= 15 is 0 Å². The van der Waals surface area contributed by atoms with Crippen LogP contribution in [0.15, 0.2) is 48.5 Å². The first-order valence-electron chi connectivity index (χ1n) is 5.98. The average Bonchev–Trinajstić information content (AvgIpc) is 2.75. The van der Waals surface area contributed by atoms with Gasteiger partial charge in [-0.25, -0.2) is 0 Å². The van der Waals surface area contributed by atoms with Gasteiger partial charge in [-0.1, -0.05) is 30.3 Å². The van der Waals surface area contributed by atoms with Crippen molar-refractivity contribution in [3.63, 3.8) is 0 Å². The Morgan fingerprint density at radius 1 is 1.11 bits per heavy atom. The minimum atomic E-state index is -0.355. The second-order valence-corrected chi connectivity index (χ2v) is 4.44. The molecule has 92 valence electrons. The smallest absolute Gasteiger partial charge is 0.199 e. The van der Waals surface area contributed by atoms with E-state index in [0.717, 1.165) is 16.6 Å². The van der Waals surface area contributed by atoms with Crippen molar-refractivity contribution in [2.24, 2.45) is 0 Å². The number of nitrogens with zero attached hydrogens (tertiary/aromatic N) is 2. The van der Waals surface area contributed by atoms with Crippen LogP contribution in [-0.2, 0) is 0 Å². The average molecular weight is 250 g/mol. The molecule has 0 radical (unpaired) electrons. The maximum atomic E-state index is 14.2. The fourth-order valence-corrected chi connectivity index (χ4v) is 2.37. The molecule has 0 N–H and O–H groups in total. The van der Waals surface area contributed by atoms with Crippen LogP contribution in [-0.4, -0.2) is 4.57 Å². The Labute approximate surface area is 110 Å². The summed E-state index contributed by atoms with van der Waals surface area (Å²) in [6, 6.07) is 16.4. The highest BCUT2D eigenvalue weighted by Crippen LogP contribution is 2.27. The van der Waals surface area contributed by atoms with Crippen molar-refractivity contribution in [3.8, 4) is 11.8 Å². The summed E-state index contributed by atoms with van der Waals surface area (Å²) in [4.78, 5) is 0. The fraction of sp³-hybridized carbons (Fsp3) is 0.0625. The highest BCUT2D eigenvalue weighted by molar-refractivity contribution is 5.87. The van der Waals surface area contributed by atoms with Crippen LogP contribution in [0.2, 0.25) is 0 Å². The molecule has 0 amide bonds. The Balaban J connectivity index is 2.45. The third kappa shape index (κ3) is 1.69. The third-order valence-corrected chi connectivity index (χ3v) is 3.26. The van der Waals surface area contributed by atoms with Crippen LogP contribution in [0.1, 0.15) is 11.1 Å². The largest absolute Gasteiger partial charge is 0.285 e. The summed E-state index contributed by atoms with van der Waals surface area (Å²) in [7, 11) is 0. The van der Waals surface area contributed by atoms with E-state index in [9.17, 15) is 9.65 Å². The predicted octanol–water partition coefficient (Wildman–Crippen LogP) is 3.95. The number of hydrogen-bond acceptors (Lipinski definition) is 1. The van der Waals surface area contributed by atoms with Gasteiger partial charge in [0, 0.05) is 11.5 Å². The Morgan fingerprint density at radius 3 is 2.63 bits per heavy atom. The Morgan fingerprint density at radius 2 is 1.89 bits per heavy atom. The molecule has 2 nitrogen and oxygen atoms in total. The lowest BCUT2D eigenvalue weighted by Gasteiger charge is -2.10. The van der Waals surface area contributed by atoms with Gasteiger partial charge < -0.3 is 0 Å². The van der Waals surface area contributed by atoms with E-state index in [0.29, 0.717) is 11.1 Å². The number of aromatic nitrogens is 1. The molecule has 0 unspecified atom stereocenters. The summed E-state index contributed by atoms with van der Waals surface area (Å²) < 4.78 is 15.7. The molecule has 1 aromatic heterocycles. The zero-order valence-electron chi connectivity index (χ0n) is 10.4. The normalized spacial score (nSPS) is 10.6. The Hall–Kier alpha value is -2.60. The molecule has 0 fully saturated rings. The van der Waals surface area contributed by atoms with E-state index in [1.54, 1.807) is 12.1 Å². The number of nitriles is 1. The van der Waals surface area contributed by atoms with Crippen molar-refractivity contribution >= 4 is 10.9 Å². The van der Waals surface area contributed by atoms with Crippen LogP contribution in [0.4, 0.5) is 4.39 Å². The molecule has 0 aliphatic heterocycles. The van der Waals surface area contributed by atoms with Crippen molar-refractivity contribution in [2.75, 3.05) is 0 Å². The molecule has 0 saturated carbocycles. The van der Waals surface area contributed by atoms with E-state index in [1.165, 1.54) is 10.6 Å². The van der Waals surface area contributed by atoms with Gasteiger partial charge in [0.05, 0.1) is 16.8 Å². The molecule has 3 rings (SSSR count). The monoisotopic (exact) mass is 250 g/mol. The number of rotatable bonds is 1. The van der Waals surface area contributed by atoms with Crippen LogP contribution in [0, 0.1) is 24.2 Å². The summed E-state index contributed by atoms with van der Waals surface area (Å²) in [6.07, 6.45) is 0. The number of para-hydroxylation sites is 2. The Bertz CT molecular complexity index is 809. The number of fused-ring (bicyclic) bond motifs is 1. The number of hydrogen-bond donors (Lipinski definition) is 0. The van der Waals surface area contributed by atoms with Crippen molar-refractivity contribution in [3.05, 3.63) is 65.6 Å². The first-order valence-corrected chi connectivity index (χ1v) is 5.98. The summed E-state index contributed by atoms with van der Waals surface area (Å²) in [5.41, 5.74) is 2.82. The summed E-state index contributed by atoms with van der Waals surface area (Å²) in [5, 5.41) is 9.94. The van der Waals surface area contributed by atoms with E-state index in [4.69, 9.17) is 0 Å². The quantitative estimate of drug-likeness (QED) is 0.642. The van der Waals surface area contributed by atoms with Crippen molar-refractivity contribution in [1.29, 1.82) is 5.26 Å². The van der Waals surface area contributed by atoms with Crippen LogP contribution in [0.3, 0.4) is 0 Å². The first kappa shape index (κ1) is 11.5. The molecular weight excluding hydrogens is 239 g/mol. The lowest BCUT2D eigenvalue weighted by Crippen LogP contribution is -2.00. The van der Waals surface area contributed by atoms with Crippen LogP contribution in [0.5, 0.6) is 0 Å². The van der Waals surface area contributed by atoms with Gasteiger partial charge in [-0.3, -0.25) is 4.57 Å². The maximum absolute atomic E-state index is 14.2. The lowest BCUT2D eigenvalue weighted by molar-refractivity contribution is 0.564. The predicted molar refractivity (Wildman–Crippen MR) is 72.7 cm³/mol. The van der Waals surface area contributed by atoms with Gasteiger partial charge in [-0.15, -0.1) is 0 Å². The summed E-state index contributed by atoms with van der Waals surface area (Å²) in [5.74, 6) is -0.355. The van der Waals surface area contributed by atoms with Crippen molar-refractivity contribution in [1.82, 2.24) is 4.57 Å². The molecule has 0 spiro atoms. The van der Waals surface area contributed by atoms with Crippen LogP contribution < -0.4 is 0 Å². The van der Waals surface area contributed by atoms with Crippen molar-refractivity contribution in [2.45, 2.75) is 6.92 Å². The number of benzene rings is 2. The summed E-state index contributed by atoms with van der Waals surface area (Å²) >= 11 is 0.